The molecule has 0 spiro atoms. The van der Waals surface area contributed by atoms with Crippen LogP contribution in [0, 0.1) is 12.8 Å². The van der Waals surface area contributed by atoms with Crippen molar-refractivity contribution in [2.45, 2.75) is 44.1 Å². The van der Waals surface area contributed by atoms with Gasteiger partial charge < -0.3 is 5.32 Å². The van der Waals surface area contributed by atoms with Crippen molar-refractivity contribution in [2.24, 2.45) is 5.92 Å². The summed E-state index contributed by atoms with van der Waals surface area (Å²) in [5, 5.41) is 2.93. The predicted octanol–water partition coefficient (Wildman–Crippen LogP) is 3.89. The fourth-order valence-electron chi connectivity index (χ4n) is 2.60. The van der Waals surface area contributed by atoms with Crippen LogP contribution in [0.4, 0.5) is 8.78 Å². The highest BCUT2D eigenvalue weighted by Gasteiger charge is 2.37. The van der Waals surface area contributed by atoms with Crippen LogP contribution in [0.1, 0.15) is 43.7 Å². The Morgan fingerprint density at radius 2 is 1.90 bits per heavy atom. The van der Waals surface area contributed by atoms with Gasteiger partial charge in [0.1, 0.15) is 0 Å². The quantitative estimate of drug-likeness (QED) is 0.890. The Hall–Kier alpha value is -1.45. The zero-order chi connectivity index (χ0) is 14.6. The van der Waals surface area contributed by atoms with Gasteiger partial charge in [-0.15, -0.1) is 0 Å². The molecular weight excluding hydrogens is 260 g/mol. The van der Waals surface area contributed by atoms with Crippen molar-refractivity contribution >= 4 is 5.91 Å². The van der Waals surface area contributed by atoms with E-state index in [1.807, 2.05) is 30.3 Å². The molecule has 1 aromatic rings. The first-order chi connectivity index (χ1) is 9.52. The van der Waals surface area contributed by atoms with Crippen molar-refractivity contribution < 1.29 is 13.6 Å². The second kappa shape index (κ2) is 6.33. The maximum Gasteiger partial charge on any atom is 0.248 e. The molecule has 0 unspecified atom stereocenters. The number of nitrogens with one attached hydrogen (secondary N) is 1. The molecule has 4 heteroatoms. The van der Waals surface area contributed by atoms with E-state index >= 15 is 0 Å². The van der Waals surface area contributed by atoms with Crippen LogP contribution in [-0.2, 0) is 4.79 Å². The van der Waals surface area contributed by atoms with Gasteiger partial charge in [0, 0.05) is 18.8 Å². The summed E-state index contributed by atoms with van der Waals surface area (Å²) in [5.41, 5.74) is 0.997. The SMILES string of the molecule is [CH2]C[C@H](NC(=O)C1CCC(F)(F)CC1)c1ccccc1. The standard InChI is InChI=1S/C16H20F2NO/c1-2-14(12-6-4-3-5-7-12)19-15(20)13-8-10-16(17,18)11-9-13/h3-7,13-14H,1-2,8-11H2,(H,19,20)/t14-/m0/s1. The van der Waals surface area contributed by atoms with Crippen molar-refractivity contribution in [3.05, 3.63) is 42.8 Å². The Morgan fingerprint density at radius 1 is 1.30 bits per heavy atom. The van der Waals surface area contributed by atoms with E-state index in [0.29, 0.717) is 6.42 Å². The zero-order valence-electron chi connectivity index (χ0n) is 11.4. The van der Waals surface area contributed by atoms with Crippen molar-refractivity contribution in [3.63, 3.8) is 0 Å². The van der Waals surface area contributed by atoms with Crippen LogP contribution in [0.3, 0.4) is 0 Å². The summed E-state index contributed by atoms with van der Waals surface area (Å²) < 4.78 is 26.2. The largest absolute Gasteiger partial charge is 0.349 e. The molecule has 0 bridgehead atoms. The molecule has 0 saturated heterocycles. The van der Waals surface area contributed by atoms with Crippen LogP contribution in [-0.4, -0.2) is 11.8 Å². The lowest BCUT2D eigenvalue weighted by atomic mass is 9.86. The molecular formula is C16H20F2NO. The van der Waals surface area contributed by atoms with Crippen LogP contribution >= 0.6 is 0 Å². The maximum absolute atomic E-state index is 13.1. The summed E-state index contributed by atoms with van der Waals surface area (Å²) in [4.78, 5) is 12.2. The van der Waals surface area contributed by atoms with Crippen LogP contribution in [0.15, 0.2) is 30.3 Å². The molecule has 0 aromatic heterocycles. The number of carbonyl (C=O) groups excluding carboxylic acids is 1. The van der Waals surface area contributed by atoms with E-state index in [4.69, 9.17) is 0 Å². The Kier molecular flexibility index (Phi) is 4.73. The van der Waals surface area contributed by atoms with Crippen molar-refractivity contribution in [1.29, 1.82) is 0 Å². The van der Waals surface area contributed by atoms with Crippen LogP contribution in [0.25, 0.3) is 0 Å². The third-order valence-corrected chi connectivity index (χ3v) is 3.90. The normalized spacial score (nSPS) is 20.4. The van der Waals surface area contributed by atoms with Crippen LogP contribution in [0.2, 0.25) is 0 Å². The van der Waals surface area contributed by atoms with Gasteiger partial charge in [-0.25, -0.2) is 8.78 Å². The molecule has 20 heavy (non-hydrogen) atoms. The van der Waals surface area contributed by atoms with Crippen molar-refractivity contribution in [3.8, 4) is 0 Å². The second-order valence-electron chi connectivity index (χ2n) is 5.39. The first-order valence-electron chi connectivity index (χ1n) is 7.04. The number of hydrogen-bond donors (Lipinski definition) is 1. The van der Waals surface area contributed by atoms with E-state index in [2.05, 4.69) is 12.2 Å². The number of rotatable bonds is 4. The first-order valence-corrected chi connectivity index (χ1v) is 7.04. The Morgan fingerprint density at radius 3 is 2.45 bits per heavy atom. The smallest absolute Gasteiger partial charge is 0.248 e. The number of hydrogen-bond acceptors (Lipinski definition) is 1. The lowest BCUT2D eigenvalue weighted by Gasteiger charge is -2.29. The summed E-state index contributed by atoms with van der Waals surface area (Å²) in [6.07, 6.45) is 0.685. The second-order valence-corrected chi connectivity index (χ2v) is 5.39. The van der Waals surface area contributed by atoms with Gasteiger partial charge in [0.2, 0.25) is 11.8 Å². The van der Waals surface area contributed by atoms with Gasteiger partial charge in [0.05, 0.1) is 6.04 Å². The lowest BCUT2D eigenvalue weighted by Crippen LogP contribution is -2.37. The van der Waals surface area contributed by atoms with Crippen molar-refractivity contribution in [1.82, 2.24) is 5.32 Å². The summed E-state index contributed by atoms with van der Waals surface area (Å²) >= 11 is 0. The topological polar surface area (TPSA) is 29.1 Å². The molecule has 1 atom stereocenters. The van der Waals surface area contributed by atoms with Crippen molar-refractivity contribution in [2.75, 3.05) is 0 Å². The average Bonchev–Trinajstić information content (AvgIpc) is 2.45. The Labute approximate surface area is 118 Å². The molecule has 109 valence electrons. The Balaban J connectivity index is 1.93. The summed E-state index contributed by atoms with van der Waals surface area (Å²) in [6.45, 7) is 3.85. The molecule has 1 aliphatic carbocycles. The third-order valence-electron chi connectivity index (χ3n) is 3.90. The molecule has 2 nitrogen and oxygen atoms in total. The zero-order valence-corrected chi connectivity index (χ0v) is 11.4. The average molecular weight is 280 g/mol. The highest BCUT2D eigenvalue weighted by Crippen LogP contribution is 2.36. The Bertz CT molecular complexity index is 437. The third kappa shape index (κ3) is 3.78. The number of carbonyl (C=O) groups is 1. The number of benzene rings is 1. The number of alkyl halides is 2. The fraction of sp³-hybridized carbons (Fsp3) is 0.500. The minimum absolute atomic E-state index is 0.127. The molecule has 1 N–H and O–H groups in total. The molecule has 1 fully saturated rings. The van der Waals surface area contributed by atoms with E-state index in [0.717, 1.165) is 5.56 Å². The maximum atomic E-state index is 13.1. The number of halogens is 2. The first kappa shape index (κ1) is 14.9. The minimum atomic E-state index is -2.60. The molecule has 1 radical (unpaired) electrons. The molecule has 0 aliphatic heterocycles. The van der Waals surface area contributed by atoms with Gasteiger partial charge in [-0.2, -0.15) is 0 Å². The number of amides is 1. The van der Waals surface area contributed by atoms with E-state index in [1.54, 1.807) is 0 Å². The predicted molar refractivity (Wildman–Crippen MR) is 74.2 cm³/mol. The van der Waals surface area contributed by atoms with Gasteiger partial charge in [0.25, 0.3) is 0 Å². The van der Waals surface area contributed by atoms with Gasteiger partial charge in [-0.3, -0.25) is 4.79 Å². The fourth-order valence-corrected chi connectivity index (χ4v) is 2.60. The van der Waals surface area contributed by atoms with Gasteiger partial charge in [0.15, 0.2) is 0 Å². The summed E-state index contributed by atoms with van der Waals surface area (Å²) in [5.74, 6) is -3.02. The molecule has 1 aliphatic rings. The van der Waals surface area contributed by atoms with E-state index in [9.17, 15) is 13.6 Å². The molecule has 1 amide bonds. The monoisotopic (exact) mass is 280 g/mol. The van der Waals surface area contributed by atoms with E-state index < -0.39 is 5.92 Å². The molecule has 1 saturated carbocycles. The van der Waals surface area contributed by atoms with Gasteiger partial charge in [-0.05, 0) is 24.8 Å². The summed E-state index contributed by atoms with van der Waals surface area (Å²) in [6, 6.07) is 9.45. The molecule has 0 heterocycles. The minimum Gasteiger partial charge on any atom is -0.349 e. The van der Waals surface area contributed by atoms with E-state index in [-0.39, 0.29) is 43.6 Å². The lowest BCUT2D eigenvalue weighted by molar-refractivity contribution is -0.129. The molecule has 1 aromatic carbocycles. The van der Waals surface area contributed by atoms with Crippen LogP contribution in [0.5, 0.6) is 0 Å². The molecule has 2 rings (SSSR count). The highest BCUT2D eigenvalue weighted by atomic mass is 19.3. The summed E-state index contributed by atoms with van der Waals surface area (Å²) in [7, 11) is 0. The van der Waals surface area contributed by atoms with Gasteiger partial charge >= 0.3 is 0 Å². The van der Waals surface area contributed by atoms with Crippen LogP contribution < -0.4 is 5.32 Å². The van der Waals surface area contributed by atoms with Gasteiger partial charge in [-0.1, -0.05) is 37.3 Å². The highest BCUT2D eigenvalue weighted by molar-refractivity contribution is 5.79. The van der Waals surface area contributed by atoms with E-state index in [1.165, 1.54) is 0 Å².